The molecule has 7 aromatic rings. The number of hydrogen-bond donors (Lipinski definition) is 0. The van der Waals surface area contributed by atoms with Crippen LogP contribution in [0.5, 0.6) is 0 Å². The lowest BCUT2D eigenvalue weighted by atomic mass is 9.97. The Bertz CT molecular complexity index is 1990. The summed E-state index contributed by atoms with van der Waals surface area (Å²) in [7, 11) is 0. The molecular formula is C31H20N2O. The average Bonchev–Trinajstić information content (AvgIpc) is 3.22. The normalized spacial score (nSPS) is 12.3. The fraction of sp³-hybridized carbons (Fsp3) is 0.0323. The van der Waals surface area contributed by atoms with Gasteiger partial charge in [-0.15, -0.1) is 0 Å². The van der Waals surface area contributed by atoms with Gasteiger partial charge in [-0.25, -0.2) is 4.98 Å². The van der Waals surface area contributed by atoms with E-state index < -0.39 is 0 Å². The maximum Gasteiger partial charge on any atom is 0.227 e. The lowest BCUT2D eigenvalue weighted by Gasteiger charge is -2.07. The van der Waals surface area contributed by atoms with Gasteiger partial charge in [0.05, 0.1) is 5.69 Å². The molecule has 5 aromatic carbocycles. The van der Waals surface area contributed by atoms with Gasteiger partial charge in [0, 0.05) is 22.4 Å². The number of aliphatic imine (C=N–C) groups is 1. The number of benzene rings is 5. The minimum atomic E-state index is 0.634. The molecule has 3 heteroatoms. The van der Waals surface area contributed by atoms with Crippen molar-refractivity contribution in [2.45, 2.75) is 6.92 Å². The fourth-order valence-corrected chi connectivity index (χ4v) is 5.07. The molecule has 2 heterocycles. The Kier molecular flexibility index (Phi) is 3.91. The second-order valence-corrected chi connectivity index (χ2v) is 8.82. The van der Waals surface area contributed by atoms with E-state index in [0.717, 1.165) is 38.5 Å². The average molecular weight is 437 g/mol. The zero-order chi connectivity index (χ0) is 22.8. The highest BCUT2D eigenvalue weighted by Gasteiger charge is 2.15. The first-order valence-corrected chi connectivity index (χ1v) is 11.4. The van der Waals surface area contributed by atoms with E-state index in [4.69, 9.17) is 9.40 Å². The summed E-state index contributed by atoms with van der Waals surface area (Å²) >= 11 is 0. The quantitative estimate of drug-likeness (QED) is 0.201. The molecule has 0 bridgehead atoms. The molecule has 0 saturated heterocycles. The summed E-state index contributed by atoms with van der Waals surface area (Å²) in [6.07, 6.45) is 3.38. The smallest absolute Gasteiger partial charge is 0.227 e. The molecule has 0 N–H and O–H groups in total. The summed E-state index contributed by atoms with van der Waals surface area (Å²) in [6.45, 7) is 5.79. The van der Waals surface area contributed by atoms with Crippen molar-refractivity contribution in [1.29, 1.82) is 0 Å². The molecule has 2 aromatic heterocycles. The van der Waals surface area contributed by atoms with Crippen LogP contribution in [-0.4, -0.2) is 11.2 Å². The molecule has 0 radical (unpaired) electrons. The molecule has 0 aliphatic heterocycles. The van der Waals surface area contributed by atoms with E-state index in [1.54, 1.807) is 12.3 Å². The second-order valence-electron chi connectivity index (χ2n) is 8.82. The molecule has 0 aliphatic rings. The summed E-state index contributed by atoms with van der Waals surface area (Å²) in [4.78, 5) is 9.50. The first kappa shape index (κ1) is 19.0. The van der Waals surface area contributed by atoms with Gasteiger partial charge in [0.25, 0.3) is 0 Å². The monoisotopic (exact) mass is 436 g/mol. The van der Waals surface area contributed by atoms with Gasteiger partial charge in [0.15, 0.2) is 0 Å². The first-order chi connectivity index (χ1) is 16.7. The van der Waals surface area contributed by atoms with Crippen LogP contribution in [0.2, 0.25) is 0 Å². The highest BCUT2D eigenvalue weighted by Crippen LogP contribution is 2.39. The minimum Gasteiger partial charge on any atom is -0.438 e. The number of aromatic nitrogens is 1. The number of allylic oxidation sites excluding steroid dienone is 1. The van der Waals surface area contributed by atoms with Crippen molar-refractivity contribution >= 4 is 77.2 Å². The van der Waals surface area contributed by atoms with Crippen LogP contribution in [0.15, 0.2) is 101 Å². The van der Waals surface area contributed by atoms with Gasteiger partial charge in [-0.1, -0.05) is 55.1 Å². The topological polar surface area (TPSA) is 38.4 Å². The zero-order valence-corrected chi connectivity index (χ0v) is 18.7. The van der Waals surface area contributed by atoms with E-state index in [-0.39, 0.29) is 0 Å². The largest absolute Gasteiger partial charge is 0.438 e. The molecule has 0 unspecified atom stereocenters. The van der Waals surface area contributed by atoms with Crippen LogP contribution < -0.4 is 0 Å². The van der Waals surface area contributed by atoms with Gasteiger partial charge in [-0.05, 0) is 81.2 Å². The summed E-state index contributed by atoms with van der Waals surface area (Å²) < 4.78 is 6.27. The summed E-state index contributed by atoms with van der Waals surface area (Å²) in [5, 5.41) is 10.5. The van der Waals surface area contributed by atoms with Crippen molar-refractivity contribution in [2.24, 2.45) is 4.99 Å². The van der Waals surface area contributed by atoms with Gasteiger partial charge in [-0.2, -0.15) is 0 Å². The van der Waals surface area contributed by atoms with Crippen molar-refractivity contribution in [1.82, 2.24) is 4.98 Å². The molecule has 34 heavy (non-hydrogen) atoms. The fourth-order valence-electron chi connectivity index (χ4n) is 5.07. The Hall–Kier alpha value is -4.50. The van der Waals surface area contributed by atoms with Crippen molar-refractivity contribution < 1.29 is 4.42 Å². The van der Waals surface area contributed by atoms with Crippen LogP contribution in [0.3, 0.4) is 0 Å². The van der Waals surface area contributed by atoms with E-state index in [1.807, 2.05) is 6.92 Å². The SMILES string of the molecule is C=CC=Nc1c(C)ccc2cc3c(nc12)oc1ccc2cc4cc5ccccc5cc4cc2c13. The van der Waals surface area contributed by atoms with Crippen molar-refractivity contribution in [3.8, 4) is 0 Å². The van der Waals surface area contributed by atoms with Crippen LogP contribution in [0.1, 0.15) is 5.56 Å². The van der Waals surface area contributed by atoms with Gasteiger partial charge in [0.1, 0.15) is 11.1 Å². The molecule has 0 spiro atoms. The summed E-state index contributed by atoms with van der Waals surface area (Å²) in [5.74, 6) is 0. The van der Waals surface area contributed by atoms with Gasteiger partial charge in [0.2, 0.25) is 5.71 Å². The number of furan rings is 1. The predicted octanol–water partition coefficient (Wildman–Crippen LogP) is 8.79. The Morgan fingerprint density at radius 2 is 1.47 bits per heavy atom. The van der Waals surface area contributed by atoms with Crippen LogP contribution in [0.25, 0.3) is 65.3 Å². The highest BCUT2D eigenvalue weighted by atomic mass is 16.3. The molecule has 0 aliphatic carbocycles. The maximum absolute atomic E-state index is 6.27. The molecule has 0 saturated carbocycles. The maximum atomic E-state index is 6.27. The van der Waals surface area contributed by atoms with E-state index >= 15 is 0 Å². The third-order valence-electron chi connectivity index (χ3n) is 6.72. The number of fused-ring (bicyclic) bond motifs is 8. The Morgan fingerprint density at radius 1 is 0.765 bits per heavy atom. The van der Waals surface area contributed by atoms with Crippen LogP contribution in [0, 0.1) is 6.92 Å². The van der Waals surface area contributed by atoms with Crippen molar-refractivity contribution in [3.63, 3.8) is 0 Å². The van der Waals surface area contributed by atoms with Crippen LogP contribution in [0.4, 0.5) is 5.69 Å². The number of hydrogen-bond acceptors (Lipinski definition) is 3. The van der Waals surface area contributed by atoms with Gasteiger partial charge >= 0.3 is 0 Å². The highest BCUT2D eigenvalue weighted by molar-refractivity contribution is 6.22. The molecule has 3 nitrogen and oxygen atoms in total. The Balaban J connectivity index is 1.58. The van der Waals surface area contributed by atoms with Gasteiger partial charge in [-0.3, -0.25) is 4.99 Å². The molecule has 0 amide bonds. The van der Waals surface area contributed by atoms with Crippen molar-refractivity contribution in [3.05, 3.63) is 97.1 Å². The molecular weight excluding hydrogens is 416 g/mol. The molecule has 0 fully saturated rings. The third-order valence-corrected chi connectivity index (χ3v) is 6.72. The predicted molar refractivity (Wildman–Crippen MR) is 145 cm³/mol. The van der Waals surface area contributed by atoms with E-state index in [9.17, 15) is 0 Å². The number of aryl methyl sites for hydroxylation is 1. The van der Waals surface area contributed by atoms with E-state index in [1.165, 1.54) is 32.3 Å². The molecule has 160 valence electrons. The number of rotatable bonds is 2. The second kappa shape index (κ2) is 7.00. The molecule has 0 atom stereocenters. The lowest BCUT2D eigenvalue weighted by Crippen LogP contribution is -1.85. The summed E-state index contributed by atoms with van der Waals surface area (Å²) in [6, 6.07) is 28.2. The van der Waals surface area contributed by atoms with Crippen LogP contribution in [-0.2, 0) is 0 Å². The molecule has 7 rings (SSSR count). The standard InChI is InChI=1S/C31H20N2O/c1-3-12-32-29-18(2)8-9-22-16-26-28-25-17-24-14-20-7-5-4-6-19(20)13-23(24)15-21(25)10-11-27(28)34-31(26)33-30(22)29/h3-17H,1H2,2H3. The minimum absolute atomic E-state index is 0.634. The van der Waals surface area contributed by atoms with Crippen molar-refractivity contribution in [2.75, 3.05) is 0 Å². The Labute approximate surface area is 195 Å². The van der Waals surface area contributed by atoms with E-state index in [0.29, 0.717) is 5.71 Å². The zero-order valence-electron chi connectivity index (χ0n) is 18.7. The van der Waals surface area contributed by atoms with Gasteiger partial charge < -0.3 is 4.42 Å². The third kappa shape index (κ3) is 2.70. The number of nitrogens with zero attached hydrogens (tertiary/aromatic N) is 2. The van der Waals surface area contributed by atoms with Crippen LogP contribution >= 0.6 is 0 Å². The van der Waals surface area contributed by atoms with E-state index in [2.05, 4.69) is 90.4 Å². The summed E-state index contributed by atoms with van der Waals surface area (Å²) in [5.41, 5.74) is 4.23. The number of pyridine rings is 1. The first-order valence-electron chi connectivity index (χ1n) is 11.4. The Morgan fingerprint density at radius 3 is 2.26 bits per heavy atom. The lowest BCUT2D eigenvalue weighted by molar-refractivity contribution is 0.656.